The molecule has 0 atom stereocenters. The van der Waals surface area contributed by atoms with E-state index in [1.54, 1.807) is 19.9 Å². The van der Waals surface area contributed by atoms with Crippen LogP contribution in [-0.2, 0) is 19.9 Å². The minimum absolute atomic E-state index is 0.0158. The van der Waals surface area contributed by atoms with E-state index in [9.17, 15) is 16.8 Å². The Morgan fingerprint density at radius 2 is 1.76 bits per heavy atom. The maximum atomic E-state index is 11.7. The van der Waals surface area contributed by atoms with Gasteiger partial charge in [0.05, 0.1) is 10.4 Å². The molecule has 1 aromatic carbocycles. The summed E-state index contributed by atoms with van der Waals surface area (Å²) in [5.41, 5.74) is 6.38. The quantitative estimate of drug-likeness (QED) is 0.648. The van der Waals surface area contributed by atoms with Crippen molar-refractivity contribution in [2.24, 2.45) is 0 Å². The average molecular weight is 335 g/mol. The lowest BCUT2D eigenvalue weighted by Crippen LogP contribution is -2.38. The van der Waals surface area contributed by atoms with Crippen molar-refractivity contribution < 1.29 is 16.8 Å². The summed E-state index contributed by atoms with van der Waals surface area (Å²) in [6, 6.07) is 4.37. The lowest BCUT2D eigenvalue weighted by molar-refractivity contribution is 0.560. The van der Waals surface area contributed by atoms with Crippen LogP contribution in [-0.4, -0.2) is 41.4 Å². The molecule has 0 spiro atoms. The van der Waals surface area contributed by atoms with Crippen molar-refractivity contribution in [3.05, 3.63) is 18.2 Å². The third-order valence-corrected chi connectivity index (χ3v) is 6.93. The molecule has 0 amide bonds. The standard InChI is InChI=1S/C12H21N3O4S2/c1-12(2,20(4,16)17)8-15-9-5-6-11(10(13)7-9)21(18,19)14-3/h5-7,14-15H,8,13H2,1-4H3. The number of hydrogen-bond donors (Lipinski definition) is 3. The fraction of sp³-hybridized carbons (Fsp3) is 0.500. The first-order valence-corrected chi connectivity index (χ1v) is 9.55. The van der Waals surface area contributed by atoms with Gasteiger partial charge < -0.3 is 11.1 Å². The van der Waals surface area contributed by atoms with Gasteiger partial charge in [-0.25, -0.2) is 21.6 Å². The van der Waals surface area contributed by atoms with Crippen LogP contribution in [0.4, 0.5) is 11.4 Å². The molecule has 0 saturated carbocycles. The van der Waals surface area contributed by atoms with Gasteiger partial charge in [0.2, 0.25) is 10.0 Å². The van der Waals surface area contributed by atoms with Gasteiger partial charge in [-0.2, -0.15) is 0 Å². The van der Waals surface area contributed by atoms with Gasteiger partial charge >= 0.3 is 0 Å². The van der Waals surface area contributed by atoms with E-state index in [1.807, 2.05) is 0 Å². The van der Waals surface area contributed by atoms with Crippen molar-refractivity contribution >= 4 is 31.2 Å². The largest absolute Gasteiger partial charge is 0.398 e. The number of rotatable bonds is 6. The zero-order valence-corrected chi connectivity index (χ0v) is 14.1. The van der Waals surface area contributed by atoms with Crippen LogP contribution in [0.2, 0.25) is 0 Å². The monoisotopic (exact) mass is 335 g/mol. The topological polar surface area (TPSA) is 118 Å². The summed E-state index contributed by atoms with van der Waals surface area (Å²) >= 11 is 0. The van der Waals surface area contributed by atoms with Crippen molar-refractivity contribution in [2.45, 2.75) is 23.5 Å². The molecule has 0 saturated heterocycles. The van der Waals surface area contributed by atoms with Crippen LogP contribution in [0, 0.1) is 0 Å². The lowest BCUT2D eigenvalue weighted by Gasteiger charge is -2.23. The second-order valence-electron chi connectivity index (χ2n) is 5.35. The van der Waals surface area contributed by atoms with E-state index in [0.29, 0.717) is 5.69 Å². The predicted octanol–water partition coefficient (Wildman–Crippen LogP) is 0.412. The molecule has 1 rings (SSSR count). The zero-order valence-electron chi connectivity index (χ0n) is 12.5. The van der Waals surface area contributed by atoms with E-state index in [1.165, 1.54) is 25.4 Å². The molecule has 0 aliphatic rings. The second-order valence-corrected chi connectivity index (χ2v) is 9.85. The number of nitrogens with one attached hydrogen (secondary N) is 2. The van der Waals surface area contributed by atoms with Gasteiger partial charge in [0, 0.05) is 18.5 Å². The summed E-state index contributed by atoms with van der Waals surface area (Å²) < 4.78 is 47.8. The van der Waals surface area contributed by atoms with Crippen molar-refractivity contribution in [1.82, 2.24) is 4.72 Å². The van der Waals surface area contributed by atoms with Crippen LogP contribution in [0.5, 0.6) is 0 Å². The smallest absolute Gasteiger partial charge is 0.242 e. The number of nitrogen functional groups attached to an aromatic ring is 1. The van der Waals surface area contributed by atoms with Gasteiger partial charge in [-0.1, -0.05) is 0 Å². The maximum Gasteiger partial charge on any atom is 0.242 e. The minimum atomic E-state index is -3.61. The Morgan fingerprint density at radius 3 is 2.19 bits per heavy atom. The molecular formula is C12H21N3O4S2. The van der Waals surface area contributed by atoms with Gasteiger partial charge in [0.15, 0.2) is 9.84 Å². The predicted molar refractivity (Wildman–Crippen MR) is 84.5 cm³/mol. The molecule has 0 radical (unpaired) electrons. The Balaban J connectivity index is 2.97. The summed E-state index contributed by atoms with van der Waals surface area (Å²) in [7, 11) is -5.53. The SMILES string of the molecule is CNS(=O)(=O)c1ccc(NCC(C)(C)S(C)(=O)=O)cc1N. The average Bonchev–Trinajstić information content (AvgIpc) is 2.35. The van der Waals surface area contributed by atoms with E-state index in [4.69, 9.17) is 5.73 Å². The molecular weight excluding hydrogens is 314 g/mol. The first-order valence-electron chi connectivity index (χ1n) is 6.17. The Bertz CT molecular complexity index is 725. The Morgan fingerprint density at radius 1 is 1.19 bits per heavy atom. The maximum absolute atomic E-state index is 11.7. The van der Waals surface area contributed by atoms with Crippen molar-refractivity contribution in [3.8, 4) is 0 Å². The summed E-state index contributed by atoms with van der Waals surface area (Å²) in [6.07, 6.45) is 1.17. The van der Waals surface area contributed by atoms with Crippen LogP contribution in [0.1, 0.15) is 13.8 Å². The molecule has 9 heteroatoms. The summed E-state index contributed by atoms with van der Waals surface area (Å²) in [6.45, 7) is 3.40. The van der Waals surface area contributed by atoms with E-state index in [-0.39, 0.29) is 17.1 Å². The van der Waals surface area contributed by atoms with Crippen LogP contribution < -0.4 is 15.8 Å². The molecule has 0 unspecified atom stereocenters. The molecule has 7 nitrogen and oxygen atoms in total. The normalized spacial score (nSPS) is 13.1. The third kappa shape index (κ3) is 4.08. The Hall–Kier alpha value is -1.32. The lowest BCUT2D eigenvalue weighted by atomic mass is 10.2. The fourth-order valence-electron chi connectivity index (χ4n) is 1.46. The second kappa shape index (κ2) is 5.82. The molecule has 1 aromatic rings. The van der Waals surface area contributed by atoms with Crippen LogP contribution in [0.15, 0.2) is 23.1 Å². The van der Waals surface area contributed by atoms with Crippen molar-refractivity contribution in [1.29, 1.82) is 0 Å². The van der Waals surface area contributed by atoms with Crippen molar-refractivity contribution in [3.63, 3.8) is 0 Å². The first kappa shape index (κ1) is 17.7. The van der Waals surface area contributed by atoms with Crippen LogP contribution in [0.3, 0.4) is 0 Å². The summed E-state index contributed by atoms with van der Waals surface area (Å²) in [4.78, 5) is -0.0158. The molecule has 21 heavy (non-hydrogen) atoms. The molecule has 0 fully saturated rings. The van der Waals surface area contributed by atoms with Gasteiger partial charge in [-0.3, -0.25) is 0 Å². The van der Waals surface area contributed by atoms with Crippen LogP contribution in [0.25, 0.3) is 0 Å². The number of anilines is 2. The Kier molecular flexibility index (Phi) is 4.91. The summed E-state index contributed by atoms with van der Waals surface area (Å²) in [5.74, 6) is 0. The first-order chi connectivity index (χ1) is 9.40. The van der Waals surface area contributed by atoms with Gasteiger partial charge in [0.25, 0.3) is 0 Å². The molecule has 0 aliphatic carbocycles. The molecule has 120 valence electrons. The summed E-state index contributed by atoms with van der Waals surface area (Å²) in [5, 5.41) is 2.95. The van der Waals surface area contributed by atoms with Crippen molar-refractivity contribution in [2.75, 3.05) is 30.9 Å². The number of nitrogens with two attached hydrogens (primary N) is 1. The highest BCUT2D eigenvalue weighted by Crippen LogP contribution is 2.23. The molecule has 0 bridgehead atoms. The zero-order chi connectivity index (χ0) is 16.5. The highest BCUT2D eigenvalue weighted by Gasteiger charge is 2.29. The third-order valence-electron chi connectivity index (χ3n) is 3.29. The minimum Gasteiger partial charge on any atom is -0.398 e. The van der Waals surface area contributed by atoms with E-state index in [0.717, 1.165) is 0 Å². The molecule has 4 N–H and O–H groups in total. The highest BCUT2D eigenvalue weighted by molar-refractivity contribution is 7.92. The highest BCUT2D eigenvalue weighted by atomic mass is 32.2. The van der Waals surface area contributed by atoms with Gasteiger partial charge in [-0.15, -0.1) is 0 Å². The fourth-order valence-corrected chi connectivity index (χ4v) is 2.63. The van der Waals surface area contributed by atoms with E-state index >= 15 is 0 Å². The van der Waals surface area contributed by atoms with E-state index in [2.05, 4.69) is 10.0 Å². The molecule has 0 aliphatic heterocycles. The number of sulfonamides is 1. The number of sulfone groups is 1. The van der Waals surface area contributed by atoms with Gasteiger partial charge in [-0.05, 0) is 39.1 Å². The molecule has 0 heterocycles. The van der Waals surface area contributed by atoms with E-state index < -0.39 is 24.6 Å². The number of benzene rings is 1. The van der Waals surface area contributed by atoms with Crippen LogP contribution >= 0.6 is 0 Å². The van der Waals surface area contributed by atoms with Gasteiger partial charge in [0.1, 0.15) is 4.90 Å². The Labute approximate surface area is 125 Å². The number of hydrogen-bond acceptors (Lipinski definition) is 6. The molecule has 0 aromatic heterocycles.